The molecule has 6 nitrogen and oxygen atoms in total. The number of amides is 1. The zero-order valence-corrected chi connectivity index (χ0v) is 19.0. The maximum absolute atomic E-state index is 12.4. The highest BCUT2D eigenvalue weighted by atomic mass is 127. The molecule has 3 aliphatic rings. The molecular formula is C17H35ClIN5O. The number of hydrogen-bond donors (Lipinski definition) is 0. The van der Waals surface area contributed by atoms with E-state index in [1.807, 2.05) is 14.1 Å². The van der Waals surface area contributed by atoms with Crippen LogP contribution in [0.25, 0.3) is 0 Å². The first-order chi connectivity index (χ1) is 10.9. The van der Waals surface area contributed by atoms with E-state index < -0.39 is 0 Å². The van der Waals surface area contributed by atoms with Crippen LogP contribution in [0.2, 0.25) is 0 Å². The van der Waals surface area contributed by atoms with Crippen molar-refractivity contribution in [2.45, 2.75) is 12.8 Å². The van der Waals surface area contributed by atoms with Crippen LogP contribution in [-0.2, 0) is 4.79 Å². The second-order valence-electron chi connectivity index (χ2n) is 8.53. The molecule has 0 aliphatic carbocycles. The van der Waals surface area contributed by atoms with E-state index in [9.17, 15) is 4.79 Å². The second kappa shape index (κ2) is 9.50. The molecule has 148 valence electrons. The van der Waals surface area contributed by atoms with Crippen molar-refractivity contribution in [2.24, 2.45) is 0 Å². The third kappa shape index (κ3) is 5.90. The predicted octanol–water partition coefficient (Wildman–Crippen LogP) is -6.31. The van der Waals surface area contributed by atoms with E-state index in [1.165, 1.54) is 56.7 Å². The number of carbonyl (C=O) groups excluding carboxylic acids is 1. The summed E-state index contributed by atoms with van der Waals surface area (Å²) in [5.41, 5.74) is 0. The summed E-state index contributed by atoms with van der Waals surface area (Å²) in [6, 6.07) is 0. The summed E-state index contributed by atoms with van der Waals surface area (Å²) in [6.45, 7) is 12.5. The van der Waals surface area contributed by atoms with E-state index in [4.69, 9.17) is 0 Å². The molecule has 3 heterocycles. The van der Waals surface area contributed by atoms with Crippen LogP contribution in [0.3, 0.4) is 0 Å². The lowest BCUT2D eigenvalue weighted by atomic mass is 10.1. The van der Waals surface area contributed by atoms with E-state index in [1.54, 1.807) is 4.90 Å². The normalized spacial score (nSPS) is 37.9. The van der Waals surface area contributed by atoms with Gasteiger partial charge in [-0.05, 0) is 0 Å². The number of halogens is 2. The summed E-state index contributed by atoms with van der Waals surface area (Å²) in [5.74, 6) is 0.281. The number of fused-ring (bicyclic) bond motifs is 4. The molecule has 0 spiro atoms. The van der Waals surface area contributed by atoms with Gasteiger partial charge in [0.1, 0.15) is 13.3 Å². The Morgan fingerprint density at radius 2 is 1.52 bits per heavy atom. The molecule has 4 atom stereocenters. The van der Waals surface area contributed by atoms with Crippen LogP contribution >= 0.6 is 0 Å². The van der Waals surface area contributed by atoms with Gasteiger partial charge in [-0.2, -0.15) is 0 Å². The molecule has 3 fully saturated rings. The summed E-state index contributed by atoms with van der Waals surface area (Å²) in [5, 5.41) is 0. The summed E-state index contributed by atoms with van der Waals surface area (Å²) in [6.07, 6.45) is 2.54. The topological polar surface area (TPSA) is 26.8 Å². The SMILES string of the molecule is CN(C)C(=O)C[N+]12CCCN(CC[N+]3(C)CCCN(CC1)C3)C2.[Cl-].[I-]. The van der Waals surface area contributed by atoms with Gasteiger partial charge in [0.25, 0.3) is 5.91 Å². The average Bonchev–Trinajstić information content (AvgIpc) is 2.51. The van der Waals surface area contributed by atoms with Crippen LogP contribution in [0, 0.1) is 0 Å². The van der Waals surface area contributed by atoms with Gasteiger partial charge in [0.15, 0.2) is 6.54 Å². The first-order valence-corrected chi connectivity index (χ1v) is 9.23. The monoisotopic (exact) mass is 487 g/mol. The Labute approximate surface area is 176 Å². The average molecular weight is 488 g/mol. The Bertz CT molecular complexity index is 455. The fourth-order valence-electron chi connectivity index (χ4n) is 4.60. The van der Waals surface area contributed by atoms with Gasteiger partial charge in [-0.25, -0.2) is 0 Å². The molecule has 25 heavy (non-hydrogen) atoms. The Balaban J connectivity index is 0.00000156. The van der Waals surface area contributed by atoms with Gasteiger partial charge >= 0.3 is 0 Å². The third-order valence-electron chi connectivity index (χ3n) is 6.14. The van der Waals surface area contributed by atoms with Gasteiger partial charge in [-0.1, -0.05) is 0 Å². The van der Waals surface area contributed by atoms with E-state index in [-0.39, 0.29) is 42.3 Å². The van der Waals surface area contributed by atoms with Crippen molar-refractivity contribution in [3.8, 4) is 0 Å². The van der Waals surface area contributed by atoms with Crippen molar-refractivity contribution in [3.05, 3.63) is 0 Å². The highest BCUT2D eigenvalue weighted by molar-refractivity contribution is 5.76. The smallest absolute Gasteiger partial charge is 0.277 e. The maximum Gasteiger partial charge on any atom is 0.277 e. The van der Waals surface area contributed by atoms with Gasteiger partial charge < -0.3 is 50.2 Å². The minimum atomic E-state index is 0. The van der Waals surface area contributed by atoms with Crippen molar-refractivity contribution >= 4 is 5.91 Å². The summed E-state index contributed by atoms with van der Waals surface area (Å²) in [4.78, 5) is 19.4. The molecule has 0 N–H and O–H groups in total. The van der Waals surface area contributed by atoms with E-state index in [0.29, 0.717) is 6.54 Å². The zero-order chi connectivity index (χ0) is 16.5. The number of quaternary nitrogens is 2. The standard InChI is InChI=1S/C17H35N5O.ClH.HI/c1-18(2)17(23)14-22-11-5-7-20(16-22)8-12-21(3)10-4-6-19(15-21)9-13-22;;/h4-16H2,1-3H3;2*1H/q+2;;/p-2. The Morgan fingerprint density at radius 1 is 0.920 bits per heavy atom. The first-order valence-electron chi connectivity index (χ1n) is 9.23. The highest BCUT2D eigenvalue weighted by Crippen LogP contribution is 2.22. The fraction of sp³-hybridized carbons (Fsp3) is 0.941. The fourth-order valence-corrected chi connectivity index (χ4v) is 4.60. The van der Waals surface area contributed by atoms with Crippen LogP contribution < -0.4 is 36.4 Å². The lowest BCUT2D eigenvalue weighted by Crippen LogP contribution is -3.00. The Hall–Kier alpha value is 0.330. The lowest BCUT2D eigenvalue weighted by Gasteiger charge is -2.50. The number of carbonyl (C=O) groups is 1. The van der Waals surface area contributed by atoms with Gasteiger partial charge in [0.05, 0.1) is 46.3 Å². The molecule has 4 unspecified atom stereocenters. The number of hydrogen-bond acceptors (Lipinski definition) is 3. The van der Waals surface area contributed by atoms with Crippen molar-refractivity contribution < 1.29 is 50.1 Å². The third-order valence-corrected chi connectivity index (χ3v) is 6.14. The van der Waals surface area contributed by atoms with Gasteiger partial charge in [-0.3, -0.25) is 14.6 Å². The molecule has 3 rings (SSSR count). The minimum absolute atomic E-state index is 0. The molecular weight excluding hydrogens is 453 g/mol. The summed E-state index contributed by atoms with van der Waals surface area (Å²) >= 11 is 0. The summed E-state index contributed by atoms with van der Waals surface area (Å²) < 4.78 is 2.17. The molecule has 0 saturated carbocycles. The number of rotatable bonds is 2. The largest absolute Gasteiger partial charge is 1.00 e. The zero-order valence-electron chi connectivity index (χ0n) is 16.1. The molecule has 3 saturated heterocycles. The molecule has 0 aromatic rings. The molecule has 1 amide bonds. The van der Waals surface area contributed by atoms with Crippen molar-refractivity contribution in [2.75, 3.05) is 93.4 Å². The highest BCUT2D eigenvalue weighted by Gasteiger charge is 2.40. The van der Waals surface area contributed by atoms with E-state index in [2.05, 4.69) is 16.8 Å². The minimum Gasteiger partial charge on any atom is -1.00 e. The molecule has 0 aromatic heterocycles. The molecule has 0 aromatic carbocycles. The van der Waals surface area contributed by atoms with Crippen LogP contribution in [0.5, 0.6) is 0 Å². The maximum atomic E-state index is 12.4. The molecule has 4 bridgehead atoms. The van der Waals surface area contributed by atoms with Crippen molar-refractivity contribution in [1.29, 1.82) is 0 Å². The van der Waals surface area contributed by atoms with Gasteiger partial charge in [0.2, 0.25) is 0 Å². The Morgan fingerprint density at radius 3 is 2.20 bits per heavy atom. The second-order valence-corrected chi connectivity index (χ2v) is 8.53. The van der Waals surface area contributed by atoms with Crippen LogP contribution in [0.15, 0.2) is 0 Å². The summed E-state index contributed by atoms with van der Waals surface area (Å²) in [7, 11) is 6.20. The van der Waals surface area contributed by atoms with Crippen molar-refractivity contribution in [3.63, 3.8) is 0 Å². The molecule has 8 heteroatoms. The number of nitrogens with zero attached hydrogens (tertiary/aromatic N) is 5. The number of likely N-dealkylation sites (N-methyl/N-ethyl adjacent to an activating group) is 2. The van der Waals surface area contributed by atoms with Crippen LogP contribution in [-0.4, -0.2) is 123 Å². The van der Waals surface area contributed by atoms with Crippen molar-refractivity contribution in [1.82, 2.24) is 14.7 Å². The van der Waals surface area contributed by atoms with E-state index in [0.717, 1.165) is 30.8 Å². The molecule has 0 radical (unpaired) electrons. The lowest BCUT2D eigenvalue weighted by molar-refractivity contribution is -0.947. The quantitative estimate of drug-likeness (QED) is 0.286. The molecule has 3 aliphatic heterocycles. The van der Waals surface area contributed by atoms with Gasteiger partial charge in [0, 0.05) is 40.0 Å². The van der Waals surface area contributed by atoms with Crippen LogP contribution in [0.4, 0.5) is 0 Å². The first kappa shape index (κ1) is 23.4. The van der Waals surface area contributed by atoms with Gasteiger partial charge in [-0.15, -0.1) is 0 Å². The Kier molecular flexibility index (Phi) is 8.88. The van der Waals surface area contributed by atoms with Crippen LogP contribution in [0.1, 0.15) is 12.8 Å². The van der Waals surface area contributed by atoms with E-state index >= 15 is 0 Å². The predicted molar refractivity (Wildman–Crippen MR) is 91.6 cm³/mol.